The van der Waals surface area contributed by atoms with Crippen LogP contribution in [0.15, 0.2) is 72.8 Å². The normalized spacial score (nSPS) is 13.6. The van der Waals surface area contributed by atoms with Crippen molar-refractivity contribution in [3.05, 3.63) is 83.9 Å². The number of carbonyl (C=O) groups excluding carboxylic acids is 2. The van der Waals surface area contributed by atoms with Crippen LogP contribution in [0.1, 0.15) is 49.7 Å². The third-order valence-corrected chi connectivity index (χ3v) is 6.45. The predicted molar refractivity (Wildman–Crippen MR) is 156 cm³/mol. The quantitative estimate of drug-likeness (QED) is 0.111. The van der Waals surface area contributed by atoms with Gasteiger partial charge in [-0.2, -0.15) is 0 Å². The summed E-state index contributed by atoms with van der Waals surface area (Å²) < 4.78 is 10.8. The van der Waals surface area contributed by atoms with E-state index in [1.54, 1.807) is 14.1 Å². The first kappa shape index (κ1) is 31.6. The van der Waals surface area contributed by atoms with Crippen molar-refractivity contribution in [2.24, 2.45) is 0 Å². The molecule has 0 aliphatic heterocycles. The molecule has 2 N–H and O–H groups in total. The second kappa shape index (κ2) is 18.6. The third-order valence-electron chi connectivity index (χ3n) is 5.91. The van der Waals surface area contributed by atoms with E-state index in [1.165, 1.54) is 0 Å². The van der Waals surface area contributed by atoms with Crippen molar-refractivity contribution in [2.75, 3.05) is 25.9 Å². The molecule has 0 radical (unpaired) electrons. The van der Waals surface area contributed by atoms with Crippen LogP contribution in [0, 0.1) is 0 Å². The fourth-order valence-electron chi connectivity index (χ4n) is 3.85. The summed E-state index contributed by atoms with van der Waals surface area (Å²) in [5, 5.41) is 5.88. The Morgan fingerprint density at radius 1 is 0.711 bits per heavy atom. The van der Waals surface area contributed by atoms with Gasteiger partial charge in [0.15, 0.2) is 12.5 Å². The zero-order valence-corrected chi connectivity index (χ0v) is 23.6. The van der Waals surface area contributed by atoms with Crippen LogP contribution in [-0.4, -0.2) is 50.2 Å². The third kappa shape index (κ3) is 11.4. The van der Waals surface area contributed by atoms with Crippen molar-refractivity contribution < 1.29 is 19.1 Å². The van der Waals surface area contributed by atoms with Crippen LogP contribution in [0.25, 0.3) is 11.1 Å². The molecular weight excluding hydrogens is 523 g/mol. The molecule has 0 saturated heterocycles. The van der Waals surface area contributed by atoms with Crippen LogP contribution in [0.3, 0.4) is 0 Å². The lowest BCUT2D eigenvalue weighted by Crippen LogP contribution is -2.38. The minimum absolute atomic E-state index is 0.390. The van der Waals surface area contributed by atoms with Gasteiger partial charge in [0.2, 0.25) is 0 Å². The van der Waals surface area contributed by atoms with E-state index in [2.05, 4.69) is 10.6 Å². The zero-order valence-electron chi connectivity index (χ0n) is 22.1. The molecule has 0 aliphatic rings. The number of nitrogens with one attached hydrogen (secondary N) is 2. The molecule has 8 heteroatoms. The fourth-order valence-corrected chi connectivity index (χ4v) is 4.12. The molecule has 0 amide bonds. The number of hydrogen-bond acceptors (Lipinski definition) is 6. The van der Waals surface area contributed by atoms with Crippen LogP contribution in [0.2, 0.25) is 0 Å². The molecule has 2 aromatic rings. The first-order valence-electron chi connectivity index (χ1n) is 12.9. The molecule has 0 heterocycles. The maximum atomic E-state index is 12.5. The van der Waals surface area contributed by atoms with Gasteiger partial charge in [-0.25, -0.2) is 9.59 Å². The first-order valence-corrected chi connectivity index (χ1v) is 14.0. The molecule has 0 bridgehead atoms. The summed E-state index contributed by atoms with van der Waals surface area (Å²) in [4.78, 5) is 25.0. The molecule has 6 nitrogen and oxygen atoms in total. The largest absolute Gasteiger partial charge is 0.438 e. The van der Waals surface area contributed by atoms with Gasteiger partial charge in [-0.1, -0.05) is 72.8 Å². The van der Waals surface area contributed by atoms with Gasteiger partial charge >= 0.3 is 11.9 Å². The SMILES string of the molecule is CNC(CC=C(CCCCl)c1ccccc1)OC(=O)C(=O)OC(CC=C(CCCCl)c1ccccc1)NC. The fraction of sp³-hybridized carbons (Fsp3) is 0.400. The number of halogens is 2. The summed E-state index contributed by atoms with van der Waals surface area (Å²) in [6, 6.07) is 19.9. The number of hydrogen-bond donors (Lipinski definition) is 2. The lowest BCUT2D eigenvalue weighted by atomic mass is 10.00. The molecule has 0 saturated carbocycles. The summed E-state index contributed by atoms with van der Waals surface area (Å²) in [5.41, 5.74) is 4.39. The van der Waals surface area contributed by atoms with E-state index in [-0.39, 0.29) is 0 Å². The van der Waals surface area contributed by atoms with E-state index >= 15 is 0 Å². The average Bonchev–Trinajstić information content (AvgIpc) is 2.96. The lowest BCUT2D eigenvalue weighted by molar-refractivity contribution is -0.175. The number of esters is 2. The maximum absolute atomic E-state index is 12.5. The van der Waals surface area contributed by atoms with Crippen molar-refractivity contribution >= 4 is 46.3 Å². The molecule has 2 rings (SSSR count). The second-order valence-electron chi connectivity index (χ2n) is 8.61. The molecular formula is C30H38Cl2N2O4. The Morgan fingerprint density at radius 3 is 1.39 bits per heavy atom. The summed E-state index contributed by atoms with van der Waals surface area (Å²) >= 11 is 11.8. The average molecular weight is 562 g/mol. The van der Waals surface area contributed by atoms with Gasteiger partial charge in [-0.3, -0.25) is 10.6 Å². The zero-order chi connectivity index (χ0) is 27.6. The molecule has 2 unspecified atom stereocenters. The van der Waals surface area contributed by atoms with Crippen molar-refractivity contribution in [1.82, 2.24) is 10.6 Å². The highest BCUT2D eigenvalue weighted by molar-refractivity contribution is 6.29. The molecule has 2 atom stereocenters. The van der Waals surface area contributed by atoms with Crippen molar-refractivity contribution in [1.29, 1.82) is 0 Å². The minimum Gasteiger partial charge on any atom is -0.438 e. The highest BCUT2D eigenvalue weighted by Gasteiger charge is 2.24. The van der Waals surface area contributed by atoms with E-state index in [0.717, 1.165) is 48.0 Å². The highest BCUT2D eigenvalue weighted by Crippen LogP contribution is 2.22. The number of ether oxygens (including phenoxy) is 2. The molecule has 38 heavy (non-hydrogen) atoms. The summed E-state index contributed by atoms with van der Waals surface area (Å²) in [7, 11) is 3.34. The Bertz CT molecular complexity index is 946. The second-order valence-corrected chi connectivity index (χ2v) is 9.37. The molecule has 0 aliphatic carbocycles. The number of allylic oxidation sites excluding steroid dienone is 2. The van der Waals surface area contributed by atoms with Crippen LogP contribution < -0.4 is 10.6 Å². The van der Waals surface area contributed by atoms with E-state index in [9.17, 15) is 9.59 Å². The van der Waals surface area contributed by atoms with Gasteiger partial charge in [-0.05, 0) is 62.1 Å². The van der Waals surface area contributed by atoms with Crippen LogP contribution in [0.5, 0.6) is 0 Å². The summed E-state index contributed by atoms with van der Waals surface area (Å²) in [6.45, 7) is 0. The van der Waals surface area contributed by atoms with E-state index in [4.69, 9.17) is 32.7 Å². The topological polar surface area (TPSA) is 76.7 Å². The Kier molecular flexibility index (Phi) is 15.4. The number of benzene rings is 2. The van der Waals surface area contributed by atoms with Gasteiger partial charge < -0.3 is 9.47 Å². The van der Waals surface area contributed by atoms with E-state index in [0.29, 0.717) is 24.6 Å². The number of rotatable bonds is 16. The van der Waals surface area contributed by atoms with Crippen molar-refractivity contribution in [3.8, 4) is 0 Å². The highest BCUT2D eigenvalue weighted by atomic mass is 35.5. The van der Waals surface area contributed by atoms with Crippen molar-refractivity contribution in [2.45, 2.75) is 51.0 Å². The lowest BCUT2D eigenvalue weighted by Gasteiger charge is -2.19. The summed E-state index contributed by atoms with van der Waals surface area (Å²) in [5.74, 6) is -0.979. The Balaban J connectivity index is 1.99. The van der Waals surface area contributed by atoms with Gasteiger partial charge in [0.05, 0.1) is 0 Å². The van der Waals surface area contributed by atoms with Crippen LogP contribution in [0.4, 0.5) is 0 Å². The maximum Gasteiger partial charge on any atom is 0.419 e. The molecule has 0 spiro atoms. The van der Waals surface area contributed by atoms with Gasteiger partial charge in [0, 0.05) is 24.6 Å². The Morgan fingerprint density at radius 2 is 1.08 bits per heavy atom. The van der Waals surface area contributed by atoms with E-state index < -0.39 is 24.4 Å². The van der Waals surface area contributed by atoms with Gasteiger partial charge in [-0.15, -0.1) is 23.2 Å². The Hall–Kier alpha value is -2.64. The number of alkyl halides is 2. The van der Waals surface area contributed by atoms with Crippen LogP contribution >= 0.6 is 23.2 Å². The predicted octanol–water partition coefficient (Wildman–Crippen LogP) is 6.15. The molecule has 2 aromatic carbocycles. The number of carbonyl (C=O) groups is 2. The van der Waals surface area contributed by atoms with Gasteiger partial charge in [0.1, 0.15) is 0 Å². The smallest absolute Gasteiger partial charge is 0.419 e. The van der Waals surface area contributed by atoms with Gasteiger partial charge in [0.25, 0.3) is 0 Å². The standard InChI is InChI=1S/C30H38Cl2N2O4/c1-33-27(19-17-25(15-9-21-31)23-11-5-3-6-12-23)37-29(35)30(36)38-28(34-2)20-18-26(16-10-22-32)24-13-7-4-8-14-24/h3-8,11-14,17-18,27-28,33-34H,9-10,15-16,19-22H2,1-2H3. The first-order chi connectivity index (χ1) is 18.5. The monoisotopic (exact) mass is 560 g/mol. The molecule has 0 fully saturated rings. The van der Waals surface area contributed by atoms with E-state index in [1.807, 2.05) is 72.8 Å². The van der Waals surface area contributed by atoms with Crippen LogP contribution in [-0.2, 0) is 19.1 Å². The molecule has 0 aromatic heterocycles. The molecule has 206 valence electrons. The van der Waals surface area contributed by atoms with Crippen molar-refractivity contribution in [3.63, 3.8) is 0 Å². The Labute approximate surface area is 236 Å². The summed E-state index contributed by atoms with van der Waals surface area (Å²) in [6.07, 6.45) is 6.69. The minimum atomic E-state index is -1.05.